The molecule has 0 radical (unpaired) electrons. The molecule has 1 fully saturated rings. The van der Waals surface area contributed by atoms with E-state index in [9.17, 15) is 0 Å². The summed E-state index contributed by atoms with van der Waals surface area (Å²) < 4.78 is 0. The van der Waals surface area contributed by atoms with Crippen LogP contribution in [0.2, 0.25) is 0 Å². The molecule has 0 spiro atoms. The number of hydrogen-bond donors (Lipinski definition) is 2. The van der Waals surface area contributed by atoms with E-state index in [0.29, 0.717) is 0 Å². The van der Waals surface area contributed by atoms with Crippen molar-refractivity contribution in [1.29, 1.82) is 0 Å². The summed E-state index contributed by atoms with van der Waals surface area (Å²) in [5.74, 6) is 0.803. The fraction of sp³-hybridized carbons (Fsp3) is 0.571. The summed E-state index contributed by atoms with van der Waals surface area (Å²) in [6.45, 7) is 4.69. The molecule has 0 aromatic heterocycles. The van der Waals surface area contributed by atoms with E-state index in [4.69, 9.17) is 5.11 Å². The van der Waals surface area contributed by atoms with Crippen molar-refractivity contribution < 1.29 is 5.11 Å². The van der Waals surface area contributed by atoms with Gasteiger partial charge in [-0.2, -0.15) is 0 Å². The zero-order valence-corrected chi connectivity index (χ0v) is 10.5. The molecule has 1 aliphatic rings. The quantitative estimate of drug-likeness (QED) is 0.804. The Hall–Kier alpha value is -0.900. The first kappa shape index (κ1) is 12.6. The molecule has 1 aromatic carbocycles. The molecule has 2 N–H and O–H groups in total. The first-order valence-electron chi connectivity index (χ1n) is 6.37. The molecule has 1 aliphatic heterocycles. The number of aliphatic hydroxyl groups is 1. The van der Waals surface area contributed by atoms with E-state index in [1.165, 1.54) is 25.1 Å². The SMILES string of the molecule is CNCC1CCN(Cc2ccc(CO)cc2)C1. The minimum atomic E-state index is 0.133. The van der Waals surface area contributed by atoms with Crippen molar-refractivity contribution in [3.8, 4) is 0 Å². The van der Waals surface area contributed by atoms with Gasteiger partial charge in [-0.1, -0.05) is 24.3 Å². The van der Waals surface area contributed by atoms with Crippen molar-refractivity contribution >= 4 is 0 Å². The van der Waals surface area contributed by atoms with Gasteiger partial charge in [-0.25, -0.2) is 0 Å². The summed E-state index contributed by atoms with van der Waals surface area (Å²) in [5.41, 5.74) is 2.33. The van der Waals surface area contributed by atoms with E-state index in [2.05, 4.69) is 22.3 Å². The van der Waals surface area contributed by atoms with Crippen LogP contribution in [0.3, 0.4) is 0 Å². The molecule has 1 atom stereocenters. The second-order valence-corrected chi connectivity index (χ2v) is 4.92. The van der Waals surface area contributed by atoms with Crippen molar-refractivity contribution in [2.45, 2.75) is 19.6 Å². The van der Waals surface area contributed by atoms with Crippen LogP contribution in [0.25, 0.3) is 0 Å². The smallest absolute Gasteiger partial charge is 0.0681 e. The number of nitrogens with zero attached hydrogens (tertiary/aromatic N) is 1. The Balaban J connectivity index is 1.84. The maximum Gasteiger partial charge on any atom is 0.0681 e. The first-order chi connectivity index (χ1) is 8.31. The zero-order chi connectivity index (χ0) is 12.1. The minimum Gasteiger partial charge on any atom is -0.392 e. The lowest BCUT2D eigenvalue weighted by Gasteiger charge is -2.16. The summed E-state index contributed by atoms with van der Waals surface area (Å²) in [6.07, 6.45) is 1.30. The zero-order valence-electron chi connectivity index (χ0n) is 10.5. The van der Waals surface area contributed by atoms with Crippen molar-refractivity contribution in [2.24, 2.45) is 5.92 Å². The van der Waals surface area contributed by atoms with Crippen LogP contribution >= 0.6 is 0 Å². The van der Waals surface area contributed by atoms with E-state index in [1.807, 2.05) is 19.2 Å². The summed E-state index contributed by atoms with van der Waals surface area (Å²) in [4.78, 5) is 2.51. The molecular weight excluding hydrogens is 212 g/mol. The second kappa shape index (κ2) is 6.15. The van der Waals surface area contributed by atoms with Crippen LogP contribution < -0.4 is 5.32 Å². The van der Waals surface area contributed by atoms with Gasteiger partial charge in [0.15, 0.2) is 0 Å². The highest BCUT2D eigenvalue weighted by Gasteiger charge is 2.21. The third-order valence-corrected chi connectivity index (χ3v) is 3.47. The number of aliphatic hydroxyl groups excluding tert-OH is 1. The van der Waals surface area contributed by atoms with E-state index >= 15 is 0 Å². The lowest BCUT2D eigenvalue weighted by Crippen LogP contribution is -2.24. The molecule has 1 saturated heterocycles. The van der Waals surface area contributed by atoms with Gasteiger partial charge in [0.1, 0.15) is 0 Å². The highest BCUT2D eigenvalue weighted by Crippen LogP contribution is 2.18. The van der Waals surface area contributed by atoms with Gasteiger partial charge in [0, 0.05) is 13.1 Å². The van der Waals surface area contributed by atoms with E-state index in [-0.39, 0.29) is 6.61 Å². The maximum absolute atomic E-state index is 8.99. The van der Waals surface area contributed by atoms with Gasteiger partial charge in [0.25, 0.3) is 0 Å². The topological polar surface area (TPSA) is 35.5 Å². The Morgan fingerprint density at radius 2 is 2.00 bits per heavy atom. The molecule has 0 saturated carbocycles. The van der Waals surface area contributed by atoms with Crippen molar-refractivity contribution in [1.82, 2.24) is 10.2 Å². The summed E-state index contributed by atoms with van der Waals surface area (Å²) >= 11 is 0. The first-order valence-corrected chi connectivity index (χ1v) is 6.37. The Morgan fingerprint density at radius 3 is 2.65 bits per heavy atom. The van der Waals surface area contributed by atoms with E-state index in [0.717, 1.165) is 24.6 Å². The third kappa shape index (κ3) is 3.53. The second-order valence-electron chi connectivity index (χ2n) is 4.92. The summed E-state index contributed by atoms with van der Waals surface area (Å²) in [7, 11) is 2.02. The molecule has 94 valence electrons. The lowest BCUT2D eigenvalue weighted by atomic mass is 10.1. The monoisotopic (exact) mass is 234 g/mol. The van der Waals surface area contributed by atoms with Gasteiger partial charge in [0.05, 0.1) is 6.61 Å². The molecular formula is C14H22N2O. The highest BCUT2D eigenvalue weighted by atomic mass is 16.3. The van der Waals surface area contributed by atoms with Crippen LogP contribution in [-0.2, 0) is 13.2 Å². The molecule has 0 aliphatic carbocycles. The Kier molecular flexibility index (Phi) is 4.54. The molecule has 2 rings (SSSR count). The predicted molar refractivity (Wildman–Crippen MR) is 69.7 cm³/mol. The van der Waals surface area contributed by atoms with Crippen LogP contribution in [0.15, 0.2) is 24.3 Å². The van der Waals surface area contributed by atoms with Crippen LogP contribution in [-0.4, -0.2) is 36.7 Å². The van der Waals surface area contributed by atoms with Crippen LogP contribution in [0.5, 0.6) is 0 Å². The van der Waals surface area contributed by atoms with Crippen molar-refractivity contribution in [3.05, 3.63) is 35.4 Å². The van der Waals surface area contributed by atoms with E-state index < -0.39 is 0 Å². The number of rotatable bonds is 5. The van der Waals surface area contributed by atoms with Gasteiger partial charge in [-0.05, 0) is 43.6 Å². The summed E-state index contributed by atoms with van der Waals surface area (Å²) in [6, 6.07) is 8.26. The fourth-order valence-electron chi connectivity index (χ4n) is 2.52. The van der Waals surface area contributed by atoms with Crippen LogP contribution in [0.1, 0.15) is 17.5 Å². The molecule has 3 nitrogen and oxygen atoms in total. The number of nitrogens with one attached hydrogen (secondary N) is 1. The third-order valence-electron chi connectivity index (χ3n) is 3.47. The van der Waals surface area contributed by atoms with Gasteiger partial charge in [-0.3, -0.25) is 4.90 Å². The van der Waals surface area contributed by atoms with Gasteiger partial charge >= 0.3 is 0 Å². The molecule has 0 amide bonds. The van der Waals surface area contributed by atoms with Gasteiger partial charge in [0.2, 0.25) is 0 Å². The molecule has 1 heterocycles. The van der Waals surface area contributed by atoms with E-state index in [1.54, 1.807) is 0 Å². The average molecular weight is 234 g/mol. The molecule has 1 aromatic rings. The Labute approximate surface area is 103 Å². The lowest BCUT2D eigenvalue weighted by molar-refractivity contribution is 0.281. The van der Waals surface area contributed by atoms with Gasteiger partial charge in [-0.15, -0.1) is 0 Å². The maximum atomic E-state index is 8.99. The average Bonchev–Trinajstić information content (AvgIpc) is 2.78. The van der Waals surface area contributed by atoms with Gasteiger partial charge < -0.3 is 10.4 Å². The number of likely N-dealkylation sites (tertiary alicyclic amines) is 1. The standard InChI is InChI=1S/C14H22N2O/c1-15-8-14-6-7-16(10-14)9-12-2-4-13(11-17)5-3-12/h2-5,14-15,17H,6-11H2,1H3. The Morgan fingerprint density at radius 1 is 1.29 bits per heavy atom. The normalized spacial score (nSPS) is 20.9. The molecule has 3 heteroatoms. The van der Waals surface area contributed by atoms with Crippen molar-refractivity contribution in [2.75, 3.05) is 26.7 Å². The predicted octanol–water partition coefficient (Wildman–Crippen LogP) is 1.22. The summed E-state index contributed by atoms with van der Waals surface area (Å²) in [5, 5.41) is 12.2. The largest absolute Gasteiger partial charge is 0.392 e. The minimum absolute atomic E-state index is 0.133. The van der Waals surface area contributed by atoms with Crippen molar-refractivity contribution in [3.63, 3.8) is 0 Å². The highest BCUT2D eigenvalue weighted by molar-refractivity contribution is 5.21. The number of hydrogen-bond acceptors (Lipinski definition) is 3. The molecule has 17 heavy (non-hydrogen) atoms. The number of benzene rings is 1. The van der Waals surface area contributed by atoms with Crippen LogP contribution in [0, 0.1) is 5.92 Å². The molecule has 0 bridgehead atoms. The van der Waals surface area contributed by atoms with Crippen LogP contribution in [0.4, 0.5) is 0 Å². The Bertz CT molecular complexity index is 337. The fourth-order valence-corrected chi connectivity index (χ4v) is 2.52. The molecule has 1 unspecified atom stereocenters.